The first kappa shape index (κ1) is 21.8. The van der Waals surface area contributed by atoms with Crippen molar-refractivity contribution < 1.29 is 13.2 Å². The molecule has 0 atom stereocenters. The van der Waals surface area contributed by atoms with Crippen molar-refractivity contribution in [1.29, 1.82) is 0 Å². The van der Waals surface area contributed by atoms with Gasteiger partial charge < -0.3 is 0 Å². The van der Waals surface area contributed by atoms with E-state index in [-0.39, 0.29) is 33.0 Å². The van der Waals surface area contributed by atoms with Crippen molar-refractivity contribution in [3.8, 4) is 0 Å². The maximum atomic E-state index is 12.4. The summed E-state index contributed by atoms with van der Waals surface area (Å²) in [5, 5.41) is 1.39. The SMILES string of the molecule is Cc1ncc(CCC(=O)c2cnc(CNS(=O)(=O)c3cc(Cl)cc(Cl)c3)cn2)s1. The van der Waals surface area contributed by atoms with Crippen LogP contribution in [0.4, 0.5) is 0 Å². The van der Waals surface area contributed by atoms with Crippen molar-refractivity contribution in [3.63, 3.8) is 0 Å². The van der Waals surface area contributed by atoms with Crippen LogP contribution in [0.3, 0.4) is 0 Å². The lowest BCUT2D eigenvalue weighted by molar-refractivity contribution is 0.0978. The summed E-state index contributed by atoms with van der Waals surface area (Å²) < 4.78 is 27.1. The minimum Gasteiger partial charge on any atom is -0.292 e. The van der Waals surface area contributed by atoms with E-state index in [1.54, 1.807) is 17.5 Å². The normalized spacial score (nSPS) is 11.6. The molecule has 0 aliphatic rings. The smallest absolute Gasteiger partial charge is 0.241 e. The van der Waals surface area contributed by atoms with Gasteiger partial charge in [0.15, 0.2) is 5.78 Å². The van der Waals surface area contributed by atoms with Gasteiger partial charge in [0.25, 0.3) is 0 Å². The van der Waals surface area contributed by atoms with Gasteiger partial charge in [-0.3, -0.25) is 9.78 Å². The fraction of sp³-hybridized carbons (Fsp3) is 0.222. The van der Waals surface area contributed by atoms with Crippen molar-refractivity contribution in [2.75, 3.05) is 0 Å². The number of rotatable bonds is 8. The number of Topliss-reactive ketones (excluding diaryl/α,β-unsaturated/α-hetero) is 1. The van der Waals surface area contributed by atoms with Crippen LogP contribution in [0.2, 0.25) is 10.0 Å². The largest absolute Gasteiger partial charge is 0.292 e. The number of carbonyl (C=O) groups excluding carboxylic acids is 1. The maximum absolute atomic E-state index is 12.4. The predicted octanol–water partition coefficient (Wildman–Crippen LogP) is 3.84. The van der Waals surface area contributed by atoms with E-state index < -0.39 is 10.0 Å². The Morgan fingerprint density at radius 2 is 1.79 bits per heavy atom. The quantitative estimate of drug-likeness (QED) is 0.501. The summed E-state index contributed by atoms with van der Waals surface area (Å²) in [5.41, 5.74) is 0.607. The van der Waals surface area contributed by atoms with Crippen molar-refractivity contribution in [1.82, 2.24) is 19.7 Å². The molecule has 0 unspecified atom stereocenters. The van der Waals surface area contributed by atoms with Gasteiger partial charge in [-0.1, -0.05) is 23.2 Å². The van der Waals surface area contributed by atoms with Gasteiger partial charge in [-0.05, 0) is 31.5 Å². The zero-order valence-corrected chi connectivity index (χ0v) is 18.4. The molecule has 29 heavy (non-hydrogen) atoms. The van der Waals surface area contributed by atoms with Gasteiger partial charge in [-0.2, -0.15) is 0 Å². The van der Waals surface area contributed by atoms with Crippen molar-refractivity contribution in [2.24, 2.45) is 0 Å². The number of ketones is 1. The van der Waals surface area contributed by atoms with E-state index in [0.29, 0.717) is 18.5 Å². The number of aromatic nitrogens is 3. The predicted molar refractivity (Wildman–Crippen MR) is 112 cm³/mol. The Kier molecular flexibility index (Phi) is 6.97. The van der Waals surface area contributed by atoms with Gasteiger partial charge in [0, 0.05) is 27.5 Å². The minimum absolute atomic E-state index is 0.0481. The minimum atomic E-state index is -3.83. The molecule has 152 valence electrons. The van der Waals surface area contributed by atoms with Gasteiger partial charge in [0.1, 0.15) is 5.69 Å². The third-order valence-corrected chi connectivity index (χ3v) is 6.64. The molecule has 1 N–H and O–H groups in total. The Bertz CT molecular complexity index is 1110. The Hall–Kier alpha value is -1.91. The number of halogens is 2. The van der Waals surface area contributed by atoms with Crippen LogP contribution >= 0.6 is 34.5 Å². The molecule has 0 saturated carbocycles. The highest BCUT2D eigenvalue weighted by Crippen LogP contribution is 2.22. The van der Waals surface area contributed by atoms with Gasteiger partial charge in [0.05, 0.1) is 34.5 Å². The lowest BCUT2D eigenvalue weighted by Gasteiger charge is -2.07. The number of thiazole rings is 1. The highest BCUT2D eigenvalue weighted by molar-refractivity contribution is 7.89. The first-order valence-corrected chi connectivity index (χ1v) is 11.5. The van der Waals surface area contributed by atoms with E-state index in [4.69, 9.17) is 23.2 Å². The number of aryl methyl sites for hydroxylation is 2. The maximum Gasteiger partial charge on any atom is 0.241 e. The van der Waals surface area contributed by atoms with Gasteiger partial charge in [-0.25, -0.2) is 23.1 Å². The lowest BCUT2D eigenvalue weighted by atomic mass is 10.1. The van der Waals surface area contributed by atoms with Crippen LogP contribution in [0.5, 0.6) is 0 Å². The Morgan fingerprint density at radius 3 is 2.38 bits per heavy atom. The van der Waals surface area contributed by atoms with E-state index in [2.05, 4.69) is 19.7 Å². The zero-order valence-electron chi connectivity index (χ0n) is 15.2. The second kappa shape index (κ2) is 9.27. The van der Waals surface area contributed by atoms with E-state index in [1.807, 2.05) is 6.92 Å². The molecular formula is C18H16Cl2N4O3S2. The molecule has 0 aliphatic heterocycles. The van der Waals surface area contributed by atoms with Crippen LogP contribution in [0.25, 0.3) is 0 Å². The molecule has 2 heterocycles. The molecule has 11 heteroatoms. The number of hydrogen-bond acceptors (Lipinski definition) is 7. The zero-order chi connectivity index (χ0) is 21.0. The summed E-state index contributed by atoms with van der Waals surface area (Å²) in [6.07, 6.45) is 5.38. The topological polar surface area (TPSA) is 102 Å². The fourth-order valence-electron chi connectivity index (χ4n) is 2.41. The number of carbonyl (C=O) groups is 1. The number of hydrogen-bond donors (Lipinski definition) is 1. The molecular weight excluding hydrogens is 455 g/mol. The average molecular weight is 471 g/mol. The molecule has 2 aromatic heterocycles. The Balaban J connectivity index is 1.59. The Labute approximate surface area is 182 Å². The summed E-state index contributed by atoms with van der Waals surface area (Å²) in [6.45, 7) is 1.82. The molecule has 0 amide bonds. The van der Waals surface area contributed by atoms with Gasteiger partial charge in [-0.15, -0.1) is 11.3 Å². The van der Waals surface area contributed by atoms with Gasteiger partial charge >= 0.3 is 0 Å². The first-order valence-electron chi connectivity index (χ1n) is 8.44. The van der Waals surface area contributed by atoms with Crippen LogP contribution in [0, 0.1) is 6.92 Å². The van der Waals surface area contributed by atoms with E-state index in [0.717, 1.165) is 9.88 Å². The highest BCUT2D eigenvalue weighted by atomic mass is 35.5. The van der Waals surface area contributed by atoms with Crippen LogP contribution in [0.1, 0.15) is 32.5 Å². The number of sulfonamides is 1. The van der Waals surface area contributed by atoms with Gasteiger partial charge in [0.2, 0.25) is 10.0 Å². The molecule has 1 aromatic carbocycles. The molecule has 0 spiro atoms. The number of benzene rings is 1. The monoisotopic (exact) mass is 470 g/mol. The molecule has 0 saturated heterocycles. The van der Waals surface area contributed by atoms with Crippen LogP contribution in [-0.2, 0) is 23.0 Å². The molecule has 0 fully saturated rings. The van der Waals surface area contributed by atoms with Crippen molar-refractivity contribution in [2.45, 2.75) is 31.2 Å². The summed E-state index contributed by atoms with van der Waals surface area (Å²) in [6, 6.07) is 4.04. The second-order valence-electron chi connectivity index (χ2n) is 6.09. The van der Waals surface area contributed by atoms with Crippen LogP contribution in [-0.4, -0.2) is 29.2 Å². The Morgan fingerprint density at radius 1 is 1.07 bits per heavy atom. The summed E-state index contributed by atoms with van der Waals surface area (Å²) in [4.78, 5) is 25.6. The lowest BCUT2D eigenvalue weighted by Crippen LogP contribution is -2.24. The molecule has 0 radical (unpaired) electrons. The van der Waals surface area contributed by atoms with E-state index in [9.17, 15) is 13.2 Å². The van der Waals surface area contributed by atoms with E-state index in [1.165, 1.54) is 30.6 Å². The van der Waals surface area contributed by atoms with E-state index >= 15 is 0 Å². The van der Waals surface area contributed by atoms with Crippen LogP contribution in [0.15, 0.2) is 41.7 Å². The molecule has 3 rings (SSSR count). The molecule has 0 aliphatic carbocycles. The van der Waals surface area contributed by atoms with Crippen LogP contribution < -0.4 is 4.72 Å². The third-order valence-electron chi connectivity index (χ3n) is 3.85. The molecule has 7 nitrogen and oxygen atoms in total. The number of nitrogens with zero attached hydrogens (tertiary/aromatic N) is 3. The highest BCUT2D eigenvalue weighted by Gasteiger charge is 2.16. The summed E-state index contributed by atoms with van der Waals surface area (Å²) in [5.74, 6) is -0.135. The first-order chi connectivity index (χ1) is 13.7. The second-order valence-corrected chi connectivity index (χ2v) is 10.1. The van der Waals surface area contributed by atoms with Crippen molar-refractivity contribution >= 4 is 50.3 Å². The van der Waals surface area contributed by atoms with Crippen molar-refractivity contribution in [3.05, 3.63) is 68.1 Å². The molecule has 3 aromatic rings. The third kappa shape index (κ3) is 6.03. The standard InChI is InChI=1S/C18H16Cl2N4O3S2/c1-11-21-9-15(28-11)2-3-18(25)17-10-22-14(7-23-17)8-24-29(26,27)16-5-12(19)4-13(20)6-16/h4-7,9-10,24H,2-3,8H2,1H3. The summed E-state index contributed by atoms with van der Waals surface area (Å²) in [7, 11) is -3.83. The molecule has 0 bridgehead atoms. The average Bonchev–Trinajstić information content (AvgIpc) is 3.09. The number of nitrogens with one attached hydrogen (secondary N) is 1. The fourth-order valence-corrected chi connectivity index (χ4v) is 4.93. The summed E-state index contributed by atoms with van der Waals surface area (Å²) >= 11 is 13.3.